The fourth-order valence-electron chi connectivity index (χ4n) is 3.95. The Morgan fingerprint density at radius 3 is 2.62 bits per heavy atom. The number of fused-ring (bicyclic) bond motifs is 1. The summed E-state index contributed by atoms with van der Waals surface area (Å²) in [5.74, 6) is -0.486. The number of urea groups is 1. The molecule has 21 heavy (non-hydrogen) atoms. The maximum Gasteiger partial charge on any atom is 0.326 e. The fourth-order valence-corrected chi connectivity index (χ4v) is 3.95. The minimum Gasteiger partial charge on any atom is -0.480 e. The molecule has 1 heterocycles. The fraction of sp³-hybridized carbons (Fsp3) is 0.875. The van der Waals surface area contributed by atoms with E-state index in [0.717, 1.165) is 44.9 Å². The van der Waals surface area contributed by atoms with E-state index in [1.54, 1.807) is 4.90 Å². The number of aliphatic carboxylic acids is 1. The zero-order chi connectivity index (χ0) is 15.4. The first kappa shape index (κ1) is 16.1. The molecule has 2 aliphatic rings. The van der Waals surface area contributed by atoms with Crippen LogP contribution in [-0.4, -0.2) is 40.1 Å². The second-order valence-corrected chi connectivity index (χ2v) is 6.45. The predicted molar refractivity (Wildman–Crippen MR) is 81.1 cm³/mol. The number of nitrogens with zero attached hydrogens (tertiary/aromatic N) is 1. The van der Waals surface area contributed by atoms with Crippen molar-refractivity contribution < 1.29 is 14.7 Å². The number of carbonyl (C=O) groups excluding carboxylic acids is 1. The molecular formula is C16H28N2O3. The van der Waals surface area contributed by atoms with E-state index in [0.29, 0.717) is 12.3 Å². The highest BCUT2D eigenvalue weighted by molar-refractivity contribution is 5.84. The third-order valence-electron chi connectivity index (χ3n) is 5.07. The highest BCUT2D eigenvalue weighted by atomic mass is 16.4. The Morgan fingerprint density at radius 1 is 1.29 bits per heavy atom. The van der Waals surface area contributed by atoms with Crippen LogP contribution in [0.25, 0.3) is 0 Å². The van der Waals surface area contributed by atoms with Gasteiger partial charge in [-0.25, -0.2) is 9.59 Å². The van der Waals surface area contributed by atoms with Crippen molar-refractivity contribution in [3.8, 4) is 0 Å². The standard InChI is InChI=1S/C16H28N2O3/c1-3-7-12(4-2)17-16(21)18-13-9-6-5-8-11(13)10-14(18)15(19)20/h11-14H,3-10H2,1-2H3,(H,17,21)(H,19,20). The summed E-state index contributed by atoms with van der Waals surface area (Å²) in [5, 5.41) is 12.5. The highest BCUT2D eigenvalue weighted by Crippen LogP contribution is 2.39. The monoisotopic (exact) mass is 296 g/mol. The van der Waals surface area contributed by atoms with Crippen LogP contribution in [0.1, 0.15) is 65.2 Å². The molecule has 4 atom stereocenters. The number of amides is 2. The third kappa shape index (κ3) is 3.50. The van der Waals surface area contributed by atoms with Crippen LogP contribution < -0.4 is 5.32 Å². The van der Waals surface area contributed by atoms with Crippen LogP contribution in [0.4, 0.5) is 4.79 Å². The molecule has 2 rings (SSSR count). The Labute approximate surface area is 127 Å². The van der Waals surface area contributed by atoms with Crippen molar-refractivity contribution in [1.29, 1.82) is 0 Å². The number of nitrogens with one attached hydrogen (secondary N) is 1. The molecule has 120 valence electrons. The summed E-state index contributed by atoms with van der Waals surface area (Å²) in [7, 11) is 0. The van der Waals surface area contributed by atoms with Crippen molar-refractivity contribution in [2.24, 2.45) is 5.92 Å². The van der Waals surface area contributed by atoms with Crippen LogP contribution in [0, 0.1) is 5.92 Å². The first-order chi connectivity index (χ1) is 10.1. The van der Waals surface area contributed by atoms with E-state index in [4.69, 9.17) is 0 Å². The summed E-state index contributed by atoms with van der Waals surface area (Å²) in [4.78, 5) is 25.8. The molecule has 1 saturated heterocycles. The number of likely N-dealkylation sites (tertiary alicyclic amines) is 1. The second kappa shape index (κ2) is 7.14. The minimum atomic E-state index is -0.858. The van der Waals surface area contributed by atoms with Crippen LogP contribution in [0.2, 0.25) is 0 Å². The Morgan fingerprint density at radius 2 is 2.00 bits per heavy atom. The molecule has 2 N–H and O–H groups in total. The van der Waals surface area contributed by atoms with Gasteiger partial charge in [-0.2, -0.15) is 0 Å². The first-order valence-corrected chi connectivity index (χ1v) is 8.40. The molecule has 2 fully saturated rings. The van der Waals surface area contributed by atoms with Crippen LogP contribution in [0.3, 0.4) is 0 Å². The van der Waals surface area contributed by atoms with Crippen molar-refractivity contribution >= 4 is 12.0 Å². The zero-order valence-corrected chi connectivity index (χ0v) is 13.2. The number of hydrogen-bond acceptors (Lipinski definition) is 2. The predicted octanol–water partition coefficient (Wildman–Crippen LogP) is 2.99. The van der Waals surface area contributed by atoms with E-state index >= 15 is 0 Å². The Kier molecular flexibility index (Phi) is 5.48. The summed E-state index contributed by atoms with van der Waals surface area (Å²) < 4.78 is 0. The molecule has 4 unspecified atom stereocenters. The normalized spacial score (nSPS) is 29.8. The van der Waals surface area contributed by atoms with Gasteiger partial charge in [0, 0.05) is 12.1 Å². The van der Waals surface area contributed by atoms with Crippen molar-refractivity contribution in [2.45, 2.75) is 83.3 Å². The average Bonchev–Trinajstić information content (AvgIpc) is 2.86. The Balaban J connectivity index is 2.09. The molecule has 1 saturated carbocycles. The molecular weight excluding hydrogens is 268 g/mol. The third-order valence-corrected chi connectivity index (χ3v) is 5.07. The second-order valence-electron chi connectivity index (χ2n) is 6.45. The lowest BCUT2D eigenvalue weighted by atomic mass is 9.85. The maximum atomic E-state index is 12.6. The summed E-state index contributed by atoms with van der Waals surface area (Å²) in [6.45, 7) is 4.16. The van der Waals surface area contributed by atoms with E-state index in [1.807, 2.05) is 0 Å². The summed E-state index contributed by atoms with van der Waals surface area (Å²) in [6, 6.07) is -0.534. The summed E-state index contributed by atoms with van der Waals surface area (Å²) in [5.41, 5.74) is 0. The highest BCUT2D eigenvalue weighted by Gasteiger charge is 2.47. The van der Waals surface area contributed by atoms with Gasteiger partial charge in [-0.1, -0.05) is 33.1 Å². The van der Waals surface area contributed by atoms with Gasteiger partial charge in [-0.3, -0.25) is 0 Å². The molecule has 0 aromatic rings. The van der Waals surface area contributed by atoms with E-state index < -0.39 is 12.0 Å². The lowest BCUT2D eigenvalue weighted by Crippen LogP contribution is -2.52. The van der Waals surface area contributed by atoms with Gasteiger partial charge in [0.15, 0.2) is 0 Å². The molecule has 0 aromatic carbocycles. The minimum absolute atomic E-state index is 0.124. The van der Waals surface area contributed by atoms with Crippen molar-refractivity contribution in [1.82, 2.24) is 10.2 Å². The number of carboxylic acids is 1. The number of carbonyl (C=O) groups is 2. The lowest BCUT2D eigenvalue weighted by molar-refractivity contribution is -0.141. The summed E-state index contributed by atoms with van der Waals surface area (Å²) >= 11 is 0. The Hall–Kier alpha value is -1.26. The van der Waals surface area contributed by atoms with Gasteiger partial charge in [0.25, 0.3) is 0 Å². The average molecular weight is 296 g/mol. The largest absolute Gasteiger partial charge is 0.480 e. The van der Waals surface area contributed by atoms with Crippen molar-refractivity contribution in [2.75, 3.05) is 0 Å². The van der Waals surface area contributed by atoms with Crippen molar-refractivity contribution in [3.05, 3.63) is 0 Å². The van der Waals surface area contributed by atoms with E-state index in [-0.39, 0.29) is 18.1 Å². The van der Waals surface area contributed by atoms with Crippen LogP contribution in [0.15, 0.2) is 0 Å². The molecule has 5 nitrogen and oxygen atoms in total. The van der Waals surface area contributed by atoms with Crippen molar-refractivity contribution in [3.63, 3.8) is 0 Å². The molecule has 0 bridgehead atoms. The number of carboxylic acid groups (broad SMARTS) is 1. The van der Waals surface area contributed by atoms with E-state index in [2.05, 4.69) is 19.2 Å². The van der Waals surface area contributed by atoms with Gasteiger partial charge in [0.05, 0.1) is 0 Å². The van der Waals surface area contributed by atoms with E-state index in [1.165, 1.54) is 0 Å². The quantitative estimate of drug-likeness (QED) is 0.819. The molecule has 2 amide bonds. The molecule has 1 aliphatic carbocycles. The molecule has 0 radical (unpaired) electrons. The van der Waals surface area contributed by atoms with Gasteiger partial charge >= 0.3 is 12.0 Å². The van der Waals surface area contributed by atoms with Gasteiger partial charge in [0.2, 0.25) is 0 Å². The van der Waals surface area contributed by atoms with Gasteiger partial charge in [-0.15, -0.1) is 0 Å². The van der Waals surface area contributed by atoms with Crippen LogP contribution in [0.5, 0.6) is 0 Å². The SMILES string of the molecule is CCCC(CC)NC(=O)N1C(C(=O)O)CC2CCCCC21. The molecule has 5 heteroatoms. The van der Waals surface area contributed by atoms with Gasteiger partial charge in [0.1, 0.15) is 6.04 Å². The lowest BCUT2D eigenvalue weighted by Gasteiger charge is -2.34. The zero-order valence-electron chi connectivity index (χ0n) is 13.2. The van der Waals surface area contributed by atoms with Crippen LogP contribution >= 0.6 is 0 Å². The van der Waals surface area contributed by atoms with E-state index in [9.17, 15) is 14.7 Å². The van der Waals surface area contributed by atoms with Gasteiger partial charge in [-0.05, 0) is 38.0 Å². The maximum absolute atomic E-state index is 12.6. The number of hydrogen-bond donors (Lipinski definition) is 2. The topological polar surface area (TPSA) is 69.6 Å². The Bertz CT molecular complexity index is 386. The number of rotatable bonds is 5. The molecule has 0 aromatic heterocycles. The smallest absolute Gasteiger partial charge is 0.326 e. The summed E-state index contributed by atoms with van der Waals surface area (Å²) in [6.07, 6.45) is 7.75. The molecule has 0 spiro atoms. The van der Waals surface area contributed by atoms with Gasteiger partial charge < -0.3 is 15.3 Å². The molecule has 1 aliphatic heterocycles. The first-order valence-electron chi connectivity index (χ1n) is 8.40. The van der Waals surface area contributed by atoms with Crippen LogP contribution in [-0.2, 0) is 4.79 Å².